The number of hydrogen-bond donors (Lipinski definition) is 1. The second kappa shape index (κ2) is 5.93. The highest BCUT2D eigenvalue weighted by Gasteiger charge is 2.22. The van der Waals surface area contributed by atoms with Crippen molar-refractivity contribution in [3.8, 4) is 5.75 Å². The van der Waals surface area contributed by atoms with E-state index in [0.29, 0.717) is 12.0 Å². The third-order valence-electron chi connectivity index (χ3n) is 4.34. The summed E-state index contributed by atoms with van der Waals surface area (Å²) < 4.78 is 10.8. The molecule has 19 heavy (non-hydrogen) atoms. The molecule has 1 N–H and O–H groups in total. The van der Waals surface area contributed by atoms with Gasteiger partial charge in [-0.1, -0.05) is 6.07 Å². The highest BCUT2D eigenvalue weighted by Crippen LogP contribution is 2.32. The van der Waals surface area contributed by atoms with Crippen LogP contribution in [-0.2, 0) is 11.2 Å². The molecule has 1 aliphatic carbocycles. The van der Waals surface area contributed by atoms with Crippen molar-refractivity contribution in [2.24, 2.45) is 5.92 Å². The lowest BCUT2D eigenvalue weighted by Gasteiger charge is -2.28. The van der Waals surface area contributed by atoms with Crippen molar-refractivity contribution in [2.45, 2.75) is 31.7 Å². The van der Waals surface area contributed by atoms with E-state index in [0.717, 1.165) is 25.5 Å². The standard InChI is InChI=1S/C16H23NO2/c1-18-14-6-5-13-3-2-4-16(15(13)9-14)17-10-12-7-8-19-11-12/h5-6,9,12,16-17H,2-4,7-8,10-11H2,1H3. The molecule has 1 saturated heterocycles. The van der Waals surface area contributed by atoms with Crippen LogP contribution >= 0.6 is 0 Å². The van der Waals surface area contributed by atoms with Gasteiger partial charge in [0.1, 0.15) is 5.75 Å². The normalized spacial score (nSPS) is 26.2. The van der Waals surface area contributed by atoms with Crippen molar-refractivity contribution < 1.29 is 9.47 Å². The van der Waals surface area contributed by atoms with Crippen molar-refractivity contribution in [1.29, 1.82) is 0 Å². The molecule has 2 unspecified atom stereocenters. The second-order valence-corrected chi connectivity index (χ2v) is 5.65. The van der Waals surface area contributed by atoms with Gasteiger partial charge in [-0.3, -0.25) is 0 Å². The van der Waals surface area contributed by atoms with Crippen molar-refractivity contribution >= 4 is 0 Å². The number of aryl methyl sites for hydroxylation is 1. The average Bonchev–Trinajstić information content (AvgIpc) is 2.97. The van der Waals surface area contributed by atoms with Gasteiger partial charge in [-0.05, 0) is 54.9 Å². The number of ether oxygens (including phenoxy) is 2. The number of fused-ring (bicyclic) bond motifs is 1. The molecular weight excluding hydrogens is 238 g/mol. The maximum atomic E-state index is 5.44. The minimum atomic E-state index is 0.486. The van der Waals surface area contributed by atoms with Gasteiger partial charge in [0.25, 0.3) is 0 Å². The zero-order valence-electron chi connectivity index (χ0n) is 11.7. The van der Waals surface area contributed by atoms with Crippen LogP contribution in [0.1, 0.15) is 36.4 Å². The molecule has 3 nitrogen and oxygen atoms in total. The Morgan fingerprint density at radius 3 is 3.11 bits per heavy atom. The molecule has 0 spiro atoms. The van der Waals surface area contributed by atoms with Gasteiger partial charge in [0, 0.05) is 19.2 Å². The molecule has 0 saturated carbocycles. The Bertz CT molecular complexity index is 427. The summed E-state index contributed by atoms with van der Waals surface area (Å²) in [6.07, 6.45) is 4.90. The van der Waals surface area contributed by atoms with Crippen molar-refractivity contribution in [3.05, 3.63) is 29.3 Å². The number of methoxy groups -OCH3 is 1. The predicted octanol–water partition coefficient (Wildman–Crippen LogP) is 2.70. The quantitative estimate of drug-likeness (QED) is 0.904. The molecule has 0 amide bonds. The van der Waals surface area contributed by atoms with Gasteiger partial charge in [0.2, 0.25) is 0 Å². The van der Waals surface area contributed by atoms with E-state index in [1.54, 1.807) is 7.11 Å². The Labute approximate surface area is 115 Å². The van der Waals surface area contributed by atoms with Crippen LogP contribution in [0.3, 0.4) is 0 Å². The summed E-state index contributed by atoms with van der Waals surface area (Å²) >= 11 is 0. The van der Waals surface area contributed by atoms with Gasteiger partial charge >= 0.3 is 0 Å². The number of nitrogens with one attached hydrogen (secondary N) is 1. The Balaban J connectivity index is 1.69. The first-order chi connectivity index (χ1) is 9.36. The Hall–Kier alpha value is -1.06. The van der Waals surface area contributed by atoms with Crippen molar-refractivity contribution in [2.75, 3.05) is 26.9 Å². The summed E-state index contributed by atoms with van der Waals surface area (Å²) in [5.41, 5.74) is 2.91. The third kappa shape index (κ3) is 2.93. The van der Waals surface area contributed by atoms with Gasteiger partial charge in [-0.2, -0.15) is 0 Å². The first-order valence-corrected chi connectivity index (χ1v) is 7.35. The topological polar surface area (TPSA) is 30.5 Å². The van der Waals surface area contributed by atoms with Gasteiger partial charge in [-0.25, -0.2) is 0 Å². The van der Waals surface area contributed by atoms with E-state index < -0.39 is 0 Å². The van der Waals surface area contributed by atoms with Gasteiger partial charge < -0.3 is 14.8 Å². The van der Waals surface area contributed by atoms with Crippen LogP contribution < -0.4 is 10.1 Å². The summed E-state index contributed by atoms with van der Waals surface area (Å²) in [5, 5.41) is 3.74. The highest BCUT2D eigenvalue weighted by atomic mass is 16.5. The largest absolute Gasteiger partial charge is 0.497 e. The van der Waals surface area contributed by atoms with E-state index in [1.165, 1.54) is 36.8 Å². The summed E-state index contributed by atoms with van der Waals surface area (Å²) in [5.74, 6) is 1.66. The molecule has 3 rings (SSSR count). The average molecular weight is 261 g/mol. The predicted molar refractivity (Wildman–Crippen MR) is 75.6 cm³/mol. The fourth-order valence-corrected chi connectivity index (χ4v) is 3.17. The minimum Gasteiger partial charge on any atom is -0.497 e. The number of benzene rings is 1. The van der Waals surface area contributed by atoms with Crippen LogP contribution in [0.2, 0.25) is 0 Å². The molecule has 1 aliphatic heterocycles. The van der Waals surface area contributed by atoms with E-state index >= 15 is 0 Å². The third-order valence-corrected chi connectivity index (χ3v) is 4.34. The lowest BCUT2D eigenvalue weighted by Crippen LogP contribution is -2.30. The summed E-state index contributed by atoms with van der Waals surface area (Å²) in [6.45, 7) is 2.92. The maximum absolute atomic E-state index is 5.44. The van der Waals surface area contributed by atoms with Crippen molar-refractivity contribution in [3.63, 3.8) is 0 Å². The molecule has 1 aromatic carbocycles. The van der Waals surface area contributed by atoms with E-state index in [9.17, 15) is 0 Å². The summed E-state index contributed by atoms with van der Waals surface area (Å²) in [6, 6.07) is 6.99. The van der Waals surface area contributed by atoms with Crippen LogP contribution in [0.5, 0.6) is 5.75 Å². The Kier molecular flexibility index (Phi) is 4.04. The van der Waals surface area contributed by atoms with E-state index in [-0.39, 0.29) is 0 Å². The molecule has 0 bridgehead atoms. The fraction of sp³-hybridized carbons (Fsp3) is 0.625. The molecule has 3 heteroatoms. The first kappa shape index (κ1) is 12.9. The fourth-order valence-electron chi connectivity index (χ4n) is 3.17. The zero-order chi connectivity index (χ0) is 13.1. The van der Waals surface area contributed by atoms with Crippen molar-refractivity contribution in [1.82, 2.24) is 5.32 Å². The molecule has 1 aromatic rings. The molecule has 1 heterocycles. The molecule has 104 valence electrons. The monoisotopic (exact) mass is 261 g/mol. The minimum absolute atomic E-state index is 0.486. The molecule has 1 fully saturated rings. The van der Waals surface area contributed by atoms with Gasteiger partial charge in [0.15, 0.2) is 0 Å². The van der Waals surface area contributed by atoms with Gasteiger partial charge in [-0.15, -0.1) is 0 Å². The molecule has 2 atom stereocenters. The summed E-state index contributed by atoms with van der Waals surface area (Å²) in [4.78, 5) is 0. The molecule has 2 aliphatic rings. The van der Waals surface area contributed by atoms with Crippen LogP contribution in [0.4, 0.5) is 0 Å². The highest BCUT2D eigenvalue weighted by molar-refractivity contribution is 5.39. The van der Waals surface area contributed by atoms with Gasteiger partial charge in [0.05, 0.1) is 13.7 Å². The van der Waals surface area contributed by atoms with E-state index in [2.05, 4.69) is 23.5 Å². The lowest BCUT2D eigenvalue weighted by molar-refractivity contribution is 0.184. The number of rotatable bonds is 4. The SMILES string of the molecule is COc1ccc2c(c1)C(NCC1CCOC1)CCC2. The van der Waals surface area contributed by atoms with Crippen LogP contribution in [0.25, 0.3) is 0 Å². The lowest BCUT2D eigenvalue weighted by atomic mass is 9.87. The van der Waals surface area contributed by atoms with Crippen LogP contribution in [-0.4, -0.2) is 26.9 Å². The maximum Gasteiger partial charge on any atom is 0.119 e. The molecule has 0 aromatic heterocycles. The zero-order valence-corrected chi connectivity index (χ0v) is 11.7. The Morgan fingerprint density at radius 1 is 1.37 bits per heavy atom. The summed E-state index contributed by atoms with van der Waals surface area (Å²) in [7, 11) is 1.74. The molecule has 0 radical (unpaired) electrons. The molecular formula is C16H23NO2. The second-order valence-electron chi connectivity index (χ2n) is 5.65. The number of hydrogen-bond acceptors (Lipinski definition) is 3. The Morgan fingerprint density at radius 2 is 2.32 bits per heavy atom. The first-order valence-electron chi connectivity index (χ1n) is 7.35. The van der Waals surface area contributed by atoms with E-state index in [4.69, 9.17) is 9.47 Å². The van der Waals surface area contributed by atoms with Crippen LogP contribution in [0.15, 0.2) is 18.2 Å². The van der Waals surface area contributed by atoms with E-state index in [1.807, 2.05) is 0 Å². The van der Waals surface area contributed by atoms with Crippen LogP contribution in [0, 0.1) is 5.92 Å². The smallest absolute Gasteiger partial charge is 0.119 e.